The molecule has 0 aliphatic heterocycles. The minimum absolute atomic E-state index is 0.183. The minimum Gasteiger partial charge on any atom is -0.493 e. The highest BCUT2D eigenvalue weighted by molar-refractivity contribution is 6.33. The molecule has 112 valence electrons. The van der Waals surface area contributed by atoms with E-state index in [-0.39, 0.29) is 6.04 Å². The van der Waals surface area contributed by atoms with E-state index in [1.807, 2.05) is 30.5 Å². The Balaban J connectivity index is 2.10. The first-order valence-corrected chi connectivity index (χ1v) is 7.07. The van der Waals surface area contributed by atoms with Gasteiger partial charge in [-0.15, -0.1) is 0 Å². The van der Waals surface area contributed by atoms with Crippen molar-refractivity contribution in [2.24, 2.45) is 0 Å². The molecule has 1 atom stereocenters. The maximum atomic E-state index is 6.36. The standard InChI is InChI=1S/C16H19ClN2O2/c1-11(12-5-4-8-18-9-12)19-10-13-6-7-14(20-2)16(21-3)15(13)17/h4-9,11,19H,10H2,1-3H3. The Kier molecular flexibility index (Phi) is 5.42. The number of halogens is 1. The second kappa shape index (κ2) is 7.29. The van der Waals surface area contributed by atoms with Gasteiger partial charge in [-0.1, -0.05) is 23.7 Å². The molecule has 2 aromatic rings. The molecule has 0 amide bonds. The van der Waals surface area contributed by atoms with Crippen LogP contribution in [0.15, 0.2) is 36.7 Å². The zero-order valence-corrected chi connectivity index (χ0v) is 13.1. The average Bonchev–Trinajstić information content (AvgIpc) is 2.53. The first kappa shape index (κ1) is 15.6. The van der Waals surface area contributed by atoms with Crippen LogP contribution in [-0.4, -0.2) is 19.2 Å². The van der Waals surface area contributed by atoms with Crippen molar-refractivity contribution in [3.63, 3.8) is 0 Å². The van der Waals surface area contributed by atoms with Crippen LogP contribution in [0.1, 0.15) is 24.1 Å². The van der Waals surface area contributed by atoms with E-state index in [2.05, 4.69) is 17.2 Å². The quantitative estimate of drug-likeness (QED) is 0.885. The summed E-state index contributed by atoms with van der Waals surface area (Å²) in [5, 5.41) is 4.00. The van der Waals surface area contributed by atoms with E-state index in [0.717, 1.165) is 11.1 Å². The smallest absolute Gasteiger partial charge is 0.179 e. The number of rotatable bonds is 6. The summed E-state index contributed by atoms with van der Waals surface area (Å²) in [6.45, 7) is 2.72. The Morgan fingerprint density at radius 3 is 2.67 bits per heavy atom. The molecule has 0 fully saturated rings. The van der Waals surface area contributed by atoms with Crippen molar-refractivity contribution in [2.75, 3.05) is 14.2 Å². The Bertz CT molecular complexity index is 590. The van der Waals surface area contributed by atoms with Crippen LogP contribution in [0.2, 0.25) is 5.02 Å². The SMILES string of the molecule is COc1ccc(CNC(C)c2cccnc2)c(Cl)c1OC. The second-order valence-corrected chi connectivity index (χ2v) is 5.04. The lowest BCUT2D eigenvalue weighted by Gasteiger charge is -2.16. The zero-order valence-electron chi connectivity index (χ0n) is 12.4. The van der Waals surface area contributed by atoms with Crippen molar-refractivity contribution < 1.29 is 9.47 Å². The number of ether oxygens (including phenoxy) is 2. The lowest BCUT2D eigenvalue weighted by atomic mass is 10.1. The van der Waals surface area contributed by atoms with E-state index in [4.69, 9.17) is 21.1 Å². The van der Waals surface area contributed by atoms with Gasteiger partial charge in [-0.3, -0.25) is 4.98 Å². The summed E-state index contributed by atoms with van der Waals surface area (Å²) in [7, 11) is 3.18. The number of nitrogens with one attached hydrogen (secondary N) is 1. The fourth-order valence-electron chi connectivity index (χ4n) is 2.08. The highest BCUT2D eigenvalue weighted by Gasteiger charge is 2.14. The maximum Gasteiger partial charge on any atom is 0.179 e. The molecule has 4 nitrogen and oxygen atoms in total. The zero-order chi connectivity index (χ0) is 15.2. The number of methoxy groups -OCH3 is 2. The van der Waals surface area contributed by atoms with Crippen molar-refractivity contribution in [3.05, 3.63) is 52.8 Å². The maximum absolute atomic E-state index is 6.36. The fourth-order valence-corrected chi connectivity index (χ4v) is 2.38. The monoisotopic (exact) mass is 306 g/mol. The van der Waals surface area contributed by atoms with Crippen LogP contribution in [0.3, 0.4) is 0 Å². The number of benzene rings is 1. The Morgan fingerprint density at radius 1 is 1.24 bits per heavy atom. The highest BCUT2D eigenvalue weighted by Crippen LogP contribution is 2.37. The lowest BCUT2D eigenvalue weighted by molar-refractivity contribution is 0.354. The molecule has 1 heterocycles. The van der Waals surface area contributed by atoms with E-state index in [9.17, 15) is 0 Å². The van der Waals surface area contributed by atoms with E-state index in [0.29, 0.717) is 23.1 Å². The van der Waals surface area contributed by atoms with Crippen molar-refractivity contribution in [1.29, 1.82) is 0 Å². The first-order valence-electron chi connectivity index (χ1n) is 6.70. The van der Waals surface area contributed by atoms with Gasteiger partial charge in [0.15, 0.2) is 11.5 Å². The van der Waals surface area contributed by atoms with Gasteiger partial charge in [0.1, 0.15) is 0 Å². The van der Waals surface area contributed by atoms with Crippen molar-refractivity contribution in [3.8, 4) is 11.5 Å². The van der Waals surface area contributed by atoms with E-state index in [1.165, 1.54) is 0 Å². The number of hydrogen-bond donors (Lipinski definition) is 1. The largest absolute Gasteiger partial charge is 0.493 e. The van der Waals surface area contributed by atoms with Gasteiger partial charge in [0.05, 0.1) is 19.2 Å². The van der Waals surface area contributed by atoms with Crippen molar-refractivity contribution >= 4 is 11.6 Å². The van der Waals surface area contributed by atoms with Crippen molar-refractivity contribution in [1.82, 2.24) is 10.3 Å². The van der Waals surface area contributed by atoms with Crippen LogP contribution in [-0.2, 0) is 6.54 Å². The van der Waals surface area contributed by atoms with Gasteiger partial charge in [0, 0.05) is 25.0 Å². The number of aromatic nitrogens is 1. The van der Waals surface area contributed by atoms with Gasteiger partial charge >= 0.3 is 0 Å². The third-order valence-electron chi connectivity index (χ3n) is 3.35. The topological polar surface area (TPSA) is 43.4 Å². The molecule has 0 aliphatic carbocycles. The third-order valence-corrected chi connectivity index (χ3v) is 3.76. The van der Waals surface area contributed by atoms with Crippen LogP contribution >= 0.6 is 11.6 Å². The molecule has 21 heavy (non-hydrogen) atoms. The van der Waals surface area contributed by atoms with Gasteiger partial charge in [-0.2, -0.15) is 0 Å². The Labute approximate surface area is 130 Å². The van der Waals surface area contributed by atoms with Crippen LogP contribution in [0.4, 0.5) is 0 Å². The minimum atomic E-state index is 0.183. The van der Waals surface area contributed by atoms with E-state index in [1.54, 1.807) is 20.4 Å². The van der Waals surface area contributed by atoms with Crippen LogP contribution < -0.4 is 14.8 Å². The molecule has 1 aromatic carbocycles. The molecule has 1 N–H and O–H groups in total. The van der Waals surface area contributed by atoms with Crippen LogP contribution in [0.5, 0.6) is 11.5 Å². The van der Waals surface area contributed by atoms with Gasteiger partial charge < -0.3 is 14.8 Å². The number of nitrogens with zero attached hydrogens (tertiary/aromatic N) is 1. The molecule has 0 aliphatic rings. The molecule has 1 aromatic heterocycles. The Hall–Kier alpha value is -1.78. The normalized spacial score (nSPS) is 12.0. The van der Waals surface area contributed by atoms with E-state index < -0.39 is 0 Å². The number of hydrogen-bond acceptors (Lipinski definition) is 4. The molecule has 0 saturated carbocycles. The molecule has 2 rings (SSSR count). The molecular weight excluding hydrogens is 288 g/mol. The summed E-state index contributed by atoms with van der Waals surface area (Å²) in [6.07, 6.45) is 3.62. The summed E-state index contributed by atoms with van der Waals surface area (Å²) in [5.74, 6) is 1.19. The van der Waals surface area contributed by atoms with Crippen LogP contribution in [0.25, 0.3) is 0 Å². The molecule has 0 radical (unpaired) electrons. The molecular formula is C16H19ClN2O2. The third kappa shape index (κ3) is 3.65. The molecule has 0 spiro atoms. The van der Waals surface area contributed by atoms with E-state index >= 15 is 0 Å². The summed E-state index contributed by atoms with van der Waals surface area (Å²) >= 11 is 6.36. The molecule has 5 heteroatoms. The van der Waals surface area contributed by atoms with Gasteiger partial charge in [0.2, 0.25) is 0 Å². The van der Waals surface area contributed by atoms with Gasteiger partial charge in [0.25, 0.3) is 0 Å². The predicted octanol–water partition coefficient (Wildman–Crippen LogP) is 3.60. The average molecular weight is 307 g/mol. The summed E-state index contributed by atoms with van der Waals surface area (Å²) in [4.78, 5) is 4.13. The van der Waals surface area contributed by atoms with Crippen LogP contribution in [0, 0.1) is 0 Å². The van der Waals surface area contributed by atoms with Gasteiger partial charge in [-0.05, 0) is 30.2 Å². The summed E-state index contributed by atoms with van der Waals surface area (Å²) in [5.41, 5.74) is 2.10. The van der Waals surface area contributed by atoms with Crippen molar-refractivity contribution in [2.45, 2.75) is 19.5 Å². The number of pyridine rings is 1. The van der Waals surface area contributed by atoms with Gasteiger partial charge in [-0.25, -0.2) is 0 Å². The fraction of sp³-hybridized carbons (Fsp3) is 0.312. The lowest BCUT2D eigenvalue weighted by Crippen LogP contribution is -2.18. The first-order chi connectivity index (χ1) is 10.2. The highest BCUT2D eigenvalue weighted by atomic mass is 35.5. The molecule has 0 bridgehead atoms. The summed E-state index contributed by atoms with van der Waals surface area (Å²) in [6, 6.07) is 7.95. The Morgan fingerprint density at radius 2 is 2.05 bits per heavy atom. The predicted molar refractivity (Wildman–Crippen MR) is 84.0 cm³/mol. The summed E-state index contributed by atoms with van der Waals surface area (Å²) < 4.78 is 10.5. The molecule has 0 saturated heterocycles. The molecule has 1 unspecified atom stereocenters. The second-order valence-electron chi connectivity index (χ2n) is 4.66.